The Bertz CT molecular complexity index is 846. The molecule has 0 unspecified atom stereocenters. The number of rotatable bonds is 6. The van der Waals surface area contributed by atoms with Crippen molar-refractivity contribution in [3.8, 4) is 11.4 Å². The Labute approximate surface area is 150 Å². The zero-order valence-corrected chi connectivity index (χ0v) is 15.1. The smallest absolute Gasteiger partial charge is 0.252 e. The summed E-state index contributed by atoms with van der Waals surface area (Å²) in [5.74, 6) is 0.493. The van der Waals surface area contributed by atoms with Crippen LogP contribution in [0.15, 0.2) is 29.0 Å². The number of carbonyl (C=O) groups excluding carboxylic acids is 1. The average Bonchev–Trinajstić information content (AvgIpc) is 3.11. The van der Waals surface area contributed by atoms with Crippen molar-refractivity contribution in [2.24, 2.45) is 0 Å². The number of sulfonamides is 1. The first-order valence-electron chi connectivity index (χ1n) is 7.97. The normalized spacial score (nSPS) is 16.0. The van der Waals surface area contributed by atoms with E-state index in [-0.39, 0.29) is 25.0 Å². The lowest BCUT2D eigenvalue weighted by Crippen LogP contribution is -2.51. The molecule has 0 atom stereocenters. The molecule has 1 aliphatic heterocycles. The van der Waals surface area contributed by atoms with Crippen molar-refractivity contribution >= 4 is 15.9 Å². The van der Waals surface area contributed by atoms with Gasteiger partial charge in [-0.1, -0.05) is 5.16 Å². The number of carbonyl (C=O) groups is 1. The summed E-state index contributed by atoms with van der Waals surface area (Å²) in [6, 6.07) is 3.52. The Balaban J connectivity index is 1.44. The molecule has 0 saturated carbocycles. The quantitative estimate of drug-likeness (QED) is 0.672. The van der Waals surface area contributed by atoms with Crippen LogP contribution in [0.2, 0.25) is 0 Å². The molecule has 0 aromatic carbocycles. The van der Waals surface area contributed by atoms with Gasteiger partial charge in [0.25, 0.3) is 5.89 Å². The van der Waals surface area contributed by atoms with Crippen LogP contribution in [0.5, 0.6) is 0 Å². The monoisotopic (exact) mass is 381 g/mol. The lowest BCUT2D eigenvalue weighted by atomic mass is 10.2. The highest BCUT2D eigenvalue weighted by Crippen LogP contribution is 2.14. The number of hydrogen-bond donors (Lipinski definition) is 0. The minimum atomic E-state index is -3.22. The summed E-state index contributed by atoms with van der Waals surface area (Å²) in [5, 5.41) is 3.85. The second-order valence-electron chi connectivity index (χ2n) is 5.78. The lowest BCUT2D eigenvalue weighted by molar-refractivity contribution is -0.138. The highest BCUT2D eigenvalue weighted by atomic mass is 32.2. The number of amides is 1. The van der Waals surface area contributed by atoms with Gasteiger partial charge < -0.3 is 14.2 Å². The molecule has 0 aliphatic carbocycles. The van der Waals surface area contributed by atoms with E-state index in [1.807, 2.05) is 0 Å². The van der Waals surface area contributed by atoms with Crippen LogP contribution in [0, 0.1) is 0 Å². The third kappa shape index (κ3) is 4.62. The number of piperazine rings is 1. The number of aromatic nitrogens is 3. The van der Waals surface area contributed by atoms with Gasteiger partial charge in [0.05, 0.1) is 6.26 Å². The van der Waals surface area contributed by atoms with E-state index in [2.05, 4.69) is 15.1 Å². The summed E-state index contributed by atoms with van der Waals surface area (Å²) in [6.07, 6.45) is 4.42. The van der Waals surface area contributed by atoms with Gasteiger partial charge in [-0.15, -0.1) is 0 Å². The fourth-order valence-electron chi connectivity index (χ4n) is 2.52. The largest absolute Gasteiger partial charge is 0.362 e. The fourth-order valence-corrected chi connectivity index (χ4v) is 3.34. The van der Waals surface area contributed by atoms with Gasteiger partial charge in [0, 0.05) is 44.1 Å². The summed E-state index contributed by atoms with van der Waals surface area (Å²) < 4.78 is 34.7. The lowest BCUT2D eigenvalue weighted by Gasteiger charge is -2.33. The Morgan fingerprint density at radius 3 is 2.58 bits per heavy atom. The molecule has 0 N–H and O–H groups in total. The molecule has 0 spiro atoms. The van der Waals surface area contributed by atoms with Gasteiger partial charge in [-0.3, -0.25) is 9.78 Å². The SMILES string of the molecule is CS(=O)(=O)N1CCN(C(=O)COCc2nc(-c3ccncc3)no2)CC1. The van der Waals surface area contributed by atoms with Crippen LogP contribution in [0.3, 0.4) is 0 Å². The molecule has 140 valence electrons. The Hall–Kier alpha value is -2.37. The van der Waals surface area contributed by atoms with Crippen LogP contribution in [0.4, 0.5) is 0 Å². The van der Waals surface area contributed by atoms with Crippen molar-refractivity contribution in [1.29, 1.82) is 0 Å². The highest BCUT2D eigenvalue weighted by Gasteiger charge is 2.26. The zero-order chi connectivity index (χ0) is 18.6. The maximum absolute atomic E-state index is 12.1. The van der Waals surface area contributed by atoms with Crippen LogP contribution >= 0.6 is 0 Å². The molecule has 0 bridgehead atoms. The fraction of sp³-hybridized carbons (Fsp3) is 0.467. The van der Waals surface area contributed by atoms with Crippen molar-refractivity contribution in [3.63, 3.8) is 0 Å². The third-order valence-corrected chi connectivity index (χ3v) is 5.22. The van der Waals surface area contributed by atoms with E-state index in [0.29, 0.717) is 32.0 Å². The molecule has 3 heterocycles. The minimum Gasteiger partial charge on any atom is -0.362 e. The van der Waals surface area contributed by atoms with Gasteiger partial charge in [0.1, 0.15) is 13.2 Å². The molecule has 1 saturated heterocycles. The second kappa shape index (κ2) is 7.89. The summed E-state index contributed by atoms with van der Waals surface area (Å²) in [6.45, 7) is 1.18. The summed E-state index contributed by atoms with van der Waals surface area (Å²) in [5.41, 5.74) is 0.773. The molecular weight excluding hydrogens is 362 g/mol. The topological polar surface area (TPSA) is 119 Å². The van der Waals surface area contributed by atoms with Gasteiger partial charge in [0.2, 0.25) is 21.8 Å². The van der Waals surface area contributed by atoms with Crippen LogP contribution in [-0.2, 0) is 26.2 Å². The van der Waals surface area contributed by atoms with E-state index < -0.39 is 10.0 Å². The summed E-state index contributed by atoms with van der Waals surface area (Å²) >= 11 is 0. The van der Waals surface area contributed by atoms with Crippen LogP contribution < -0.4 is 0 Å². The van der Waals surface area contributed by atoms with E-state index in [1.165, 1.54) is 4.31 Å². The standard InChI is InChI=1S/C15H19N5O5S/c1-26(22,23)20-8-6-19(7-9-20)14(21)11-24-10-13-17-15(18-25-13)12-2-4-16-5-3-12/h2-5H,6-11H2,1H3. The number of hydrogen-bond acceptors (Lipinski definition) is 8. The van der Waals surface area contributed by atoms with Gasteiger partial charge in [-0.2, -0.15) is 9.29 Å². The van der Waals surface area contributed by atoms with Crippen LogP contribution in [0.1, 0.15) is 5.89 Å². The Morgan fingerprint density at radius 2 is 1.92 bits per heavy atom. The number of nitrogens with zero attached hydrogens (tertiary/aromatic N) is 5. The molecule has 10 nitrogen and oxygen atoms in total. The van der Waals surface area contributed by atoms with Gasteiger partial charge >= 0.3 is 0 Å². The molecule has 2 aromatic heterocycles. The number of ether oxygens (including phenoxy) is 1. The second-order valence-corrected chi connectivity index (χ2v) is 7.77. The summed E-state index contributed by atoms with van der Waals surface area (Å²) in [7, 11) is -3.22. The molecule has 26 heavy (non-hydrogen) atoms. The average molecular weight is 381 g/mol. The highest BCUT2D eigenvalue weighted by molar-refractivity contribution is 7.88. The molecule has 0 radical (unpaired) electrons. The molecule has 1 aliphatic rings. The molecule has 1 amide bonds. The van der Waals surface area contributed by atoms with E-state index in [0.717, 1.165) is 11.8 Å². The van der Waals surface area contributed by atoms with Crippen LogP contribution in [0.25, 0.3) is 11.4 Å². The molecule has 2 aromatic rings. The minimum absolute atomic E-state index is 0.0210. The first kappa shape index (κ1) is 18.4. The third-order valence-electron chi connectivity index (χ3n) is 3.92. The van der Waals surface area contributed by atoms with Crippen molar-refractivity contribution in [2.75, 3.05) is 39.0 Å². The Morgan fingerprint density at radius 1 is 1.23 bits per heavy atom. The predicted molar refractivity (Wildman–Crippen MR) is 90.2 cm³/mol. The van der Waals surface area contributed by atoms with E-state index >= 15 is 0 Å². The van der Waals surface area contributed by atoms with E-state index in [9.17, 15) is 13.2 Å². The molecular formula is C15H19N5O5S. The van der Waals surface area contributed by atoms with Gasteiger partial charge in [0.15, 0.2) is 0 Å². The van der Waals surface area contributed by atoms with Gasteiger partial charge in [-0.25, -0.2) is 8.42 Å². The van der Waals surface area contributed by atoms with Crippen LogP contribution in [-0.4, -0.2) is 77.7 Å². The zero-order valence-electron chi connectivity index (χ0n) is 14.2. The maximum atomic E-state index is 12.1. The molecule has 3 rings (SSSR count). The molecule has 11 heteroatoms. The van der Waals surface area contributed by atoms with E-state index in [1.54, 1.807) is 29.4 Å². The first-order valence-corrected chi connectivity index (χ1v) is 9.82. The van der Waals surface area contributed by atoms with Crippen molar-refractivity contribution in [3.05, 3.63) is 30.4 Å². The molecule has 1 fully saturated rings. The number of pyridine rings is 1. The van der Waals surface area contributed by atoms with Crippen molar-refractivity contribution in [2.45, 2.75) is 6.61 Å². The predicted octanol–water partition coefficient (Wildman–Crippen LogP) is -0.248. The first-order chi connectivity index (χ1) is 12.4. The van der Waals surface area contributed by atoms with Crippen molar-refractivity contribution < 1.29 is 22.5 Å². The summed E-state index contributed by atoms with van der Waals surface area (Å²) in [4.78, 5) is 21.8. The van der Waals surface area contributed by atoms with Crippen molar-refractivity contribution in [1.82, 2.24) is 24.3 Å². The maximum Gasteiger partial charge on any atom is 0.252 e. The van der Waals surface area contributed by atoms with Gasteiger partial charge in [-0.05, 0) is 12.1 Å². The Kier molecular flexibility index (Phi) is 5.59. The van der Waals surface area contributed by atoms with E-state index in [4.69, 9.17) is 9.26 Å².